The molecule has 1 aromatic rings. The molecule has 102 valence electrons. The van der Waals surface area contributed by atoms with E-state index in [9.17, 15) is 4.79 Å². The highest BCUT2D eigenvalue weighted by atomic mass is 16.1. The number of aryl methyl sites for hydroxylation is 1. The molecule has 0 saturated heterocycles. The lowest BCUT2D eigenvalue weighted by molar-refractivity contribution is -0.120. The average Bonchev–Trinajstić information content (AvgIpc) is 2.70. The van der Waals surface area contributed by atoms with Gasteiger partial charge in [0.25, 0.3) is 0 Å². The van der Waals surface area contributed by atoms with Gasteiger partial charge in [0, 0.05) is 39.0 Å². The molecule has 18 heavy (non-hydrogen) atoms. The minimum absolute atomic E-state index is 0.0653. The van der Waals surface area contributed by atoms with Crippen LogP contribution in [-0.2, 0) is 18.3 Å². The Hall–Kier alpha value is -1.36. The molecule has 5 nitrogen and oxygen atoms in total. The van der Waals surface area contributed by atoms with Crippen LogP contribution in [0.5, 0.6) is 0 Å². The standard InChI is InChI=1S/C13H24N4O/c1-11(2)4-7-16-13(18)10-14-6-5-12-15-8-9-17(12)3/h8-9,11,14H,4-7,10H2,1-3H3,(H,16,18). The van der Waals surface area contributed by atoms with Gasteiger partial charge in [-0.1, -0.05) is 13.8 Å². The van der Waals surface area contributed by atoms with Gasteiger partial charge in [-0.25, -0.2) is 4.98 Å². The van der Waals surface area contributed by atoms with E-state index < -0.39 is 0 Å². The highest BCUT2D eigenvalue weighted by Gasteiger charge is 2.02. The van der Waals surface area contributed by atoms with Crippen molar-refractivity contribution in [2.75, 3.05) is 19.6 Å². The van der Waals surface area contributed by atoms with Crippen LogP contribution in [0.4, 0.5) is 0 Å². The number of amides is 1. The van der Waals surface area contributed by atoms with Gasteiger partial charge in [0.15, 0.2) is 0 Å². The summed E-state index contributed by atoms with van der Waals surface area (Å²) in [6, 6.07) is 0. The third kappa shape index (κ3) is 5.82. The largest absolute Gasteiger partial charge is 0.355 e. The van der Waals surface area contributed by atoms with E-state index in [1.165, 1.54) is 0 Å². The summed E-state index contributed by atoms with van der Waals surface area (Å²) in [5.74, 6) is 1.72. The minimum atomic E-state index is 0.0653. The number of aromatic nitrogens is 2. The third-order valence-corrected chi connectivity index (χ3v) is 2.78. The van der Waals surface area contributed by atoms with Crippen LogP contribution in [0.15, 0.2) is 12.4 Å². The summed E-state index contributed by atoms with van der Waals surface area (Å²) in [4.78, 5) is 15.7. The normalized spacial score (nSPS) is 10.9. The van der Waals surface area contributed by atoms with E-state index in [-0.39, 0.29) is 5.91 Å². The van der Waals surface area contributed by atoms with Crippen molar-refractivity contribution in [3.63, 3.8) is 0 Å². The van der Waals surface area contributed by atoms with E-state index in [4.69, 9.17) is 0 Å². The van der Waals surface area contributed by atoms with Crippen LogP contribution in [0.25, 0.3) is 0 Å². The summed E-state index contributed by atoms with van der Waals surface area (Å²) in [5, 5.41) is 6.02. The topological polar surface area (TPSA) is 59.0 Å². The first-order chi connectivity index (χ1) is 8.59. The summed E-state index contributed by atoms with van der Waals surface area (Å²) in [6.07, 6.45) is 5.57. The van der Waals surface area contributed by atoms with Crippen molar-refractivity contribution in [3.05, 3.63) is 18.2 Å². The van der Waals surface area contributed by atoms with Gasteiger partial charge in [0.2, 0.25) is 5.91 Å². The zero-order chi connectivity index (χ0) is 13.4. The van der Waals surface area contributed by atoms with Gasteiger partial charge in [0.05, 0.1) is 6.54 Å². The van der Waals surface area contributed by atoms with Crippen molar-refractivity contribution in [2.45, 2.75) is 26.7 Å². The maximum atomic E-state index is 11.5. The molecule has 0 radical (unpaired) electrons. The first-order valence-electron chi connectivity index (χ1n) is 6.53. The zero-order valence-electron chi connectivity index (χ0n) is 11.6. The molecule has 5 heteroatoms. The van der Waals surface area contributed by atoms with Crippen molar-refractivity contribution in [2.24, 2.45) is 13.0 Å². The van der Waals surface area contributed by atoms with Crippen molar-refractivity contribution in [1.29, 1.82) is 0 Å². The number of nitrogens with one attached hydrogen (secondary N) is 2. The molecule has 0 fully saturated rings. The van der Waals surface area contributed by atoms with E-state index in [2.05, 4.69) is 29.5 Å². The SMILES string of the molecule is CC(C)CCNC(=O)CNCCc1nccn1C. The van der Waals surface area contributed by atoms with E-state index in [1.807, 2.05) is 17.8 Å². The van der Waals surface area contributed by atoms with Crippen molar-refractivity contribution < 1.29 is 4.79 Å². The predicted octanol–water partition coefficient (Wildman–Crippen LogP) is 0.715. The Morgan fingerprint density at radius 2 is 2.22 bits per heavy atom. The summed E-state index contributed by atoms with van der Waals surface area (Å²) in [7, 11) is 1.97. The third-order valence-electron chi connectivity index (χ3n) is 2.78. The van der Waals surface area contributed by atoms with E-state index in [0.717, 1.165) is 31.8 Å². The molecule has 0 spiro atoms. The highest BCUT2D eigenvalue weighted by molar-refractivity contribution is 5.77. The molecule has 1 rings (SSSR count). The minimum Gasteiger partial charge on any atom is -0.355 e. The Morgan fingerprint density at radius 3 is 2.83 bits per heavy atom. The van der Waals surface area contributed by atoms with Crippen molar-refractivity contribution in [3.8, 4) is 0 Å². The van der Waals surface area contributed by atoms with Gasteiger partial charge >= 0.3 is 0 Å². The van der Waals surface area contributed by atoms with Crippen molar-refractivity contribution in [1.82, 2.24) is 20.2 Å². The average molecular weight is 252 g/mol. The summed E-state index contributed by atoms with van der Waals surface area (Å²) in [5.41, 5.74) is 0. The first-order valence-corrected chi connectivity index (χ1v) is 6.53. The summed E-state index contributed by atoms with van der Waals surface area (Å²) >= 11 is 0. The van der Waals surface area contributed by atoms with E-state index in [0.29, 0.717) is 12.5 Å². The maximum absolute atomic E-state index is 11.5. The van der Waals surface area contributed by atoms with Gasteiger partial charge < -0.3 is 15.2 Å². The molecule has 0 bridgehead atoms. The van der Waals surface area contributed by atoms with Gasteiger partial charge in [-0.05, 0) is 12.3 Å². The Kier molecular flexibility index (Phi) is 6.43. The molecule has 0 saturated carbocycles. The lowest BCUT2D eigenvalue weighted by Crippen LogP contribution is -2.35. The molecule has 1 aromatic heterocycles. The van der Waals surface area contributed by atoms with E-state index >= 15 is 0 Å². The molecule has 1 amide bonds. The summed E-state index contributed by atoms with van der Waals surface area (Å²) < 4.78 is 1.99. The van der Waals surface area contributed by atoms with Gasteiger partial charge in [-0.15, -0.1) is 0 Å². The van der Waals surface area contributed by atoms with Gasteiger partial charge in [-0.2, -0.15) is 0 Å². The molecule has 0 aliphatic heterocycles. The fraction of sp³-hybridized carbons (Fsp3) is 0.692. The van der Waals surface area contributed by atoms with Crippen LogP contribution in [0.1, 0.15) is 26.1 Å². The van der Waals surface area contributed by atoms with Crippen LogP contribution in [0, 0.1) is 5.92 Å². The molecular weight excluding hydrogens is 228 g/mol. The molecule has 0 unspecified atom stereocenters. The second-order valence-corrected chi connectivity index (χ2v) is 4.91. The lowest BCUT2D eigenvalue weighted by atomic mass is 10.1. The number of hydrogen-bond donors (Lipinski definition) is 2. The Morgan fingerprint density at radius 1 is 1.44 bits per heavy atom. The monoisotopic (exact) mass is 252 g/mol. The smallest absolute Gasteiger partial charge is 0.233 e. The lowest BCUT2D eigenvalue weighted by Gasteiger charge is -2.08. The Balaban J connectivity index is 2.04. The highest BCUT2D eigenvalue weighted by Crippen LogP contribution is 1.96. The molecule has 1 heterocycles. The number of hydrogen-bond acceptors (Lipinski definition) is 3. The number of rotatable bonds is 8. The van der Waals surface area contributed by atoms with Crippen LogP contribution in [0.2, 0.25) is 0 Å². The molecule has 0 aliphatic carbocycles. The number of carbonyl (C=O) groups is 1. The molecular formula is C13H24N4O. The number of nitrogens with zero attached hydrogens (tertiary/aromatic N) is 2. The van der Waals surface area contributed by atoms with E-state index in [1.54, 1.807) is 6.20 Å². The quantitative estimate of drug-likeness (QED) is 0.670. The fourth-order valence-electron chi connectivity index (χ4n) is 1.60. The fourth-order valence-corrected chi connectivity index (χ4v) is 1.60. The van der Waals surface area contributed by atoms with Crippen LogP contribution >= 0.6 is 0 Å². The maximum Gasteiger partial charge on any atom is 0.233 e. The predicted molar refractivity (Wildman–Crippen MR) is 72.2 cm³/mol. The second-order valence-electron chi connectivity index (χ2n) is 4.91. The molecule has 0 atom stereocenters. The summed E-state index contributed by atoms with van der Waals surface area (Å²) in [6.45, 7) is 6.21. The molecule has 2 N–H and O–H groups in total. The molecule has 0 aliphatic rings. The van der Waals surface area contributed by atoms with Crippen LogP contribution in [0.3, 0.4) is 0 Å². The Bertz CT molecular complexity index is 360. The number of imidazole rings is 1. The zero-order valence-corrected chi connectivity index (χ0v) is 11.6. The van der Waals surface area contributed by atoms with Gasteiger partial charge in [0.1, 0.15) is 5.82 Å². The number of carbonyl (C=O) groups excluding carboxylic acids is 1. The molecule has 0 aromatic carbocycles. The van der Waals surface area contributed by atoms with Crippen LogP contribution < -0.4 is 10.6 Å². The van der Waals surface area contributed by atoms with Crippen molar-refractivity contribution >= 4 is 5.91 Å². The van der Waals surface area contributed by atoms with Crippen LogP contribution in [-0.4, -0.2) is 35.1 Å². The second kappa shape index (κ2) is 7.87. The van der Waals surface area contributed by atoms with Gasteiger partial charge in [-0.3, -0.25) is 4.79 Å². The first kappa shape index (κ1) is 14.7. The Labute approximate surface area is 109 Å².